The monoisotopic (exact) mass is 186 g/mol. The highest BCUT2D eigenvalue weighted by molar-refractivity contribution is 7.71. The smallest absolute Gasteiger partial charge is 0.144 e. The summed E-state index contributed by atoms with van der Waals surface area (Å²) in [5, 5.41) is 0. The summed E-state index contributed by atoms with van der Waals surface area (Å²) >= 11 is 0. The van der Waals surface area contributed by atoms with Gasteiger partial charge in [-0.05, 0) is 23.8 Å². The SMILES string of the molecule is Nc1cc(N)cc(C[SH](=O)=O)c1. The Morgan fingerprint density at radius 1 is 1.08 bits per heavy atom. The highest BCUT2D eigenvalue weighted by Gasteiger charge is 1.97. The summed E-state index contributed by atoms with van der Waals surface area (Å²) in [7, 11) is -2.41. The zero-order chi connectivity index (χ0) is 9.14. The summed E-state index contributed by atoms with van der Waals surface area (Å²) in [5.41, 5.74) is 12.5. The maximum absolute atomic E-state index is 10.3. The van der Waals surface area contributed by atoms with Crippen molar-refractivity contribution in [3.8, 4) is 0 Å². The Kier molecular flexibility index (Phi) is 2.54. The van der Waals surface area contributed by atoms with Crippen molar-refractivity contribution in [2.45, 2.75) is 5.75 Å². The second-order valence-electron chi connectivity index (χ2n) is 2.50. The largest absolute Gasteiger partial charge is 0.399 e. The van der Waals surface area contributed by atoms with Crippen molar-refractivity contribution in [1.29, 1.82) is 0 Å². The second kappa shape index (κ2) is 3.44. The first-order valence-electron chi connectivity index (χ1n) is 3.34. The Balaban J connectivity index is 3.00. The molecule has 0 spiro atoms. The Labute approximate surface area is 72.1 Å². The Morgan fingerprint density at radius 2 is 1.58 bits per heavy atom. The van der Waals surface area contributed by atoms with Crippen LogP contribution in [-0.4, -0.2) is 8.42 Å². The highest BCUT2D eigenvalue weighted by atomic mass is 32.2. The highest BCUT2D eigenvalue weighted by Crippen LogP contribution is 2.13. The van der Waals surface area contributed by atoms with Crippen LogP contribution in [0.25, 0.3) is 0 Å². The van der Waals surface area contributed by atoms with E-state index in [9.17, 15) is 8.42 Å². The summed E-state index contributed by atoms with van der Waals surface area (Å²) < 4.78 is 20.7. The van der Waals surface area contributed by atoms with Crippen LogP contribution in [0.15, 0.2) is 18.2 Å². The van der Waals surface area contributed by atoms with Crippen LogP contribution in [0.2, 0.25) is 0 Å². The zero-order valence-corrected chi connectivity index (χ0v) is 7.25. The van der Waals surface area contributed by atoms with E-state index < -0.39 is 10.7 Å². The van der Waals surface area contributed by atoms with Crippen LogP contribution in [0.4, 0.5) is 11.4 Å². The van der Waals surface area contributed by atoms with Gasteiger partial charge in [-0.3, -0.25) is 0 Å². The van der Waals surface area contributed by atoms with Crippen LogP contribution in [0.3, 0.4) is 0 Å². The van der Waals surface area contributed by atoms with Crippen LogP contribution in [0.1, 0.15) is 5.56 Å². The first kappa shape index (κ1) is 8.86. The predicted molar refractivity (Wildman–Crippen MR) is 49.3 cm³/mol. The fourth-order valence-corrected chi connectivity index (χ4v) is 1.47. The van der Waals surface area contributed by atoms with Gasteiger partial charge in [-0.1, -0.05) is 0 Å². The van der Waals surface area contributed by atoms with Gasteiger partial charge < -0.3 is 11.5 Å². The number of rotatable bonds is 2. The van der Waals surface area contributed by atoms with Crippen LogP contribution in [0, 0.1) is 0 Å². The van der Waals surface area contributed by atoms with E-state index in [-0.39, 0.29) is 5.75 Å². The minimum atomic E-state index is -2.41. The molecule has 0 amide bonds. The number of nitrogens with two attached hydrogens (primary N) is 2. The summed E-state index contributed by atoms with van der Waals surface area (Å²) in [5.74, 6) is -0.00935. The molecule has 1 aromatic rings. The van der Waals surface area contributed by atoms with Gasteiger partial charge in [0.05, 0.1) is 5.75 Å². The van der Waals surface area contributed by atoms with E-state index in [0.717, 1.165) is 0 Å². The third-order valence-electron chi connectivity index (χ3n) is 1.35. The molecule has 0 aliphatic rings. The van der Waals surface area contributed by atoms with E-state index >= 15 is 0 Å². The molecule has 0 aliphatic heterocycles. The molecule has 0 aromatic heterocycles. The molecule has 0 atom stereocenters. The average Bonchev–Trinajstić information content (AvgIpc) is 1.81. The van der Waals surface area contributed by atoms with E-state index in [1.807, 2.05) is 0 Å². The summed E-state index contributed by atoms with van der Waals surface area (Å²) in [6, 6.07) is 4.78. The van der Waals surface area contributed by atoms with Crippen molar-refractivity contribution >= 4 is 22.1 Å². The molecule has 0 radical (unpaired) electrons. The van der Waals surface area contributed by atoms with Gasteiger partial charge in [0.25, 0.3) is 0 Å². The molecule has 0 heterocycles. The van der Waals surface area contributed by atoms with E-state index in [0.29, 0.717) is 16.9 Å². The fourth-order valence-electron chi connectivity index (χ4n) is 0.986. The molecule has 0 aliphatic carbocycles. The van der Waals surface area contributed by atoms with Crippen molar-refractivity contribution in [2.24, 2.45) is 0 Å². The normalized spacial score (nSPS) is 10.4. The molecule has 4 nitrogen and oxygen atoms in total. The quantitative estimate of drug-likeness (QED) is 0.447. The molecule has 0 saturated carbocycles. The van der Waals surface area contributed by atoms with Crippen LogP contribution in [0.5, 0.6) is 0 Å². The number of thiol groups is 1. The third-order valence-corrected chi connectivity index (χ3v) is 1.97. The molecular weight excluding hydrogens is 176 g/mol. The first-order chi connectivity index (χ1) is 5.58. The van der Waals surface area contributed by atoms with Gasteiger partial charge in [-0.15, -0.1) is 0 Å². The lowest BCUT2D eigenvalue weighted by molar-refractivity contribution is 0.614. The van der Waals surface area contributed by atoms with Crippen LogP contribution in [-0.2, 0) is 16.5 Å². The Hall–Kier alpha value is -1.23. The third kappa shape index (κ3) is 2.43. The minimum Gasteiger partial charge on any atom is -0.399 e. The minimum absolute atomic E-state index is 0.00935. The second-order valence-corrected chi connectivity index (χ2v) is 3.48. The van der Waals surface area contributed by atoms with Gasteiger partial charge in [0, 0.05) is 11.4 Å². The molecule has 5 heteroatoms. The van der Waals surface area contributed by atoms with Gasteiger partial charge in [-0.2, -0.15) is 0 Å². The Morgan fingerprint density at radius 3 is 2.00 bits per heavy atom. The van der Waals surface area contributed by atoms with Gasteiger partial charge in [0.1, 0.15) is 10.7 Å². The molecule has 1 rings (SSSR count). The molecule has 1 aromatic carbocycles. The van der Waals surface area contributed by atoms with E-state index in [1.54, 1.807) is 18.2 Å². The zero-order valence-electron chi connectivity index (χ0n) is 6.36. The molecule has 0 bridgehead atoms. The Bertz CT molecular complexity index is 332. The predicted octanol–water partition coefficient (Wildman–Crippen LogP) is -0.0376. The van der Waals surface area contributed by atoms with Crippen molar-refractivity contribution < 1.29 is 8.42 Å². The standard InChI is InChI=1S/C7H10N2O2S/c8-6-1-5(4-12(10)11)2-7(9)3-6/h1-3,12H,4,8-9H2. The van der Waals surface area contributed by atoms with Gasteiger partial charge in [0.15, 0.2) is 0 Å². The molecular formula is C7H10N2O2S. The van der Waals surface area contributed by atoms with Crippen molar-refractivity contribution in [1.82, 2.24) is 0 Å². The molecule has 0 unspecified atom stereocenters. The summed E-state index contributed by atoms with van der Waals surface area (Å²) in [6.45, 7) is 0. The maximum Gasteiger partial charge on any atom is 0.144 e. The summed E-state index contributed by atoms with van der Waals surface area (Å²) in [6.07, 6.45) is 0. The molecule has 0 fully saturated rings. The van der Waals surface area contributed by atoms with Crippen molar-refractivity contribution in [3.05, 3.63) is 23.8 Å². The van der Waals surface area contributed by atoms with Gasteiger partial charge in [-0.25, -0.2) is 8.42 Å². The van der Waals surface area contributed by atoms with Crippen LogP contribution < -0.4 is 11.5 Å². The lowest BCUT2D eigenvalue weighted by atomic mass is 10.2. The van der Waals surface area contributed by atoms with Gasteiger partial charge in [0.2, 0.25) is 0 Å². The van der Waals surface area contributed by atoms with E-state index in [2.05, 4.69) is 0 Å². The number of hydrogen-bond acceptors (Lipinski definition) is 4. The summed E-state index contributed by atoms with van der Waals surface area (Å²) in [4.78, 5) is 0. The molecule has 66 valence electrons. The molecule has 4 N–H and O–H groups in total. The first-order valence-corrected chi connectivity index (χ1v) is 4.71. The number of hydrogen-bond donors (Lipinski definition) is 3. The molecule has 0 saturated heterocycles. The fraction of sp³-hybridized carbons (Fsp3) is 0.143. The van der Waals surface area contributed by atoms with Crippen LogP contribution >= 0.6 is 0 Å². The van der Waals surface area contributed by atoms with Gasteiger partial charge >= 0.3 is 0 Å². The van der Waals surface area contributed by atoms with Crippen molar-refractivity contribution in [2.75, 3.05) is 11.5 Å². The van der Waals surface area contributed by atoms with Crippen molar-refractivity contribution in [3.63, 3.8) is 0 Å². The number of benzene rings is 1. The number of anilines is 2. The topological polar surface area (TPSA) is 86.2 Å². The molecule has 12 heavy (non-hydrogen) atoms. The lowest BCUT2D eigenvalue weighted by Crippen LogP contribution is -1.94. The lowest BCUT2D eigenvalue weighted by Gasteiger charge is -1.99. The average molecular weight is 186 g/mol. The van der Waals surface area contributed by atoms with E-state index in [1.165, 1.54) is 0 Å². The number of nitrogen functional groups attached to an aromatic ring is 2. The van der Waals surface area contributed by atoms with E-state index in [4.69, 9.17) is 11.5 Å². The maximum atomic E-state index is 10.3.